The summed E-state index contributed by atoms with van der Waals surface area (Å²) in [5.41, 5.74) is 1.29. The largest absolute Gasteiger partial charge is 0.484 e. The number of hydrogen-bond donors (Lipinski definition) is 1. The minimum atomic E-state index is 0.0124. The van der Waals surface area contributed by atoms with Crippen molar-refractivity contribution in [3.05, 3.63) is 29.8 Å². The molecule has 1 aromatic rings. The van der Waals surface area contributed by atoms with Crippen LogP contribution < -0.4 is 10.1 Å². The van der Waals surface area contributed by atoms with Crippen LogP contribution in [0.2, 0.25) is 0 Å². The predicted molar refractivity (Wildman–Crippen MR) is 103 cm³/mol. The summed E-state index contributed by atoms with van der Waals surface area (Å²) in [5, 5.41) is 3.08. The Morgan fingerprint density at radius 1 is 1.12 bits per heavy atom. The molecule has 0 spiro atoms. The van der Waals surface area contributed by atoms with Crippen molar-refractivity contribution in [2.75, 3.05) is 19.7 Å². The van der Waals surface area contributed by atoms with Crippen molar-refractivity contribution in [1.82, 2.24) is 10.2 Å². The van der Waals surface area contributed by atoms with Gasteiger partial charge in [-0.2, -0.15) is 0 Å². The number of amides is 2. The maximum Gasteiger partial charge on any atom is 0.260 e. The molecule has 144 valence electrons. The number of piperidine rings is 1. The predicted octanol–water partition coefficient (Wildman–Crippen LogP) is 3.32. The number of ether oxygens (including phenoxy) is 1. The lowest BCUT2D eigenvalue weighted by molar-refractivity contribution is -0.134. The second kappa shape index (κ2) is 10.8. The molecule has 0 aliphatic carbocycles. The summed E-state index contributed by atoms with van der Waals surface area (Å²) in [7, 11) is 0. The number of unbranched alkanes of at least 4 members (excludes halogenated alkanes) is 1. The molecule has 1 aromatic carbocycles. The summed E-state index contributed by atoms with van der Waals surface area (Å²) >= 11 is 0. The quantitative estimate of drug-likeness (QED) is 0.735. The van der Waals surface area contributed by atoms with Gasteiger partial charge in [0, 0.05) is 25.6 Å². The first-order valence-corrected chi connectivity index (χ1v) is 9.91. The van der Waals surface area contributed by atoms with E-state index < -0.39 is 0 Å². The molecule has 2 amide bonds. The lowest BCUT2D eigenvalue weighted by atomic mass is 10.0. The van der Waals surface area contributed by atoms with E-state index >= 15 is 0 Å². The van der Waals surface area contributed by atoms with Crippen LogP contribution in [0.3, 0.4) is 0 Å². The van der Waals surface area contributed by atoms with E-state index in [1.54, 1.807) is 0 Å². The second-order valence-electron chi connectivity index (χ2n) is 7.01. The Morgan fingerprint density at radius 2 is 1.81 bits per heavy atom. The van der Waals surface area contributed by atoms with E-state index in [0.717, 1.165) is 44.3 Å². The Kier molecular flexibility index (Phi) is 8.45. The van der Waals surface area contributed by atoms with Gasteiger partial charge in [0.05, 0.1) is 0 Å². The summed E-state index contributed by atoms with van der Waals surface area (Å²) in [5.74, 6) is 0.876. The summed E-state index contributed by atoms with van der Waals surface area (Å²) in [6, 6.07) is 8.15. The van der Waals surface area contributed by atoms with Crippen LogP contribution in [0.15, 0.2) is 24.3 Å². The third kappa shape index (κ3) is 6.70. The lowest BCUT2D eigenvalue weighted by Crippen LogP contribution is -2.47. The van der Waals surface area contributed by atoms with Crippen molar-refractivity contribution in [3.8, 4) is 5.75 Å². The fourth-order valence-corrected chi connectivity index (χ4v) is 3.19. The summed E-state index contributed by atoms with van der Waals surface area (Å²) in [6.45, 7) is 5.66. The molecule has 1 aliphatic rings. The Balaban J connectivity index is 1.68. The van der Waals surface area contributed by atoms with Crippen molar-refractivity contribution in [2.45, 2.75) is 64.8 Å². The van der Waals surface area contributed by atoms with Crippen LogP contribution in [0.25, 0.3) is 0 Å². The number of aryl methyl sites for hydroxylation is 1. The molecule has 1 heterocycles. The molecule has 0 atom stereocenters. The zero-order valence-electron chi connectivity index (χ0n) is 16.1. The minimum Gasteiger partial charge on any atom is -0.484 e. The number of carbonyl (C=O) groups excluding carboxylic acids is 2. The Hall–Kier alpha value is -2.04. The Morgan fingerprint density at radius 3 is 2.42 bits per heavy atom. The molecule has 1 fully saturated rings. The molecule has 1 aliphatic heterocycles. The standard InChI is InChI=1S/C21H32N2O3/c1-3-5-7-20(24)22-18-12-14-23(15-13-18)21(25)16-26-19-10-8-17(6-4-2)9-11-19/h8-11,18H,3-7,12-16H2,1-2H3,(H,22,24). The van der Waals surface area contributed by atoms with Crippen LogP contribution in [0.1, 0.15) is 57.9 Å². The molecule has 0 bridgehead atoms. The van der Waals surface area contributed by atoms with E-state index in [9.17, 15) is 9.59 Å². The number of nitrogens with one attached hydrogen (secondary N) is 1. The second-order valence-corrected chi connectivity index (χ2v) is 7.01. The molecule has 2 rings (SSSR count). The highest BCUT2D eigenvalue weighted by Crippen LogP contribution is 2.15. The molecular formula is C21H32N2O3. The van der Waals surface area contributed by atoms with Crippen molar-refractivity contribution < 1.29 is 14.3 Å². The van der Waals surface area contributed by atoms with Crippen molar-refractivity contribution in [1.29, 1.82) is 0 Å². The fourth-order valence-electron chi connectivity index (χ4n) is 3.19. The maximum absolute atomic E-state index is 12.3. The van der Waals surface area contributed by atoms with Crippen LogP contribution in [-0.4, -0.2) is 42.5 Å². The zero-order chi connectivity index (χ0) is 18.8. The number of nitrogens with zero attached hydrogens (tertiary/aromatic N) is 1. The average Bonchev–Trinajstić information content (AvgIpc) is 2.66. The SMILES string of the molecule is CCCCC(=O)NC1CCN(C(=O)COc2ccc(CCC)cc2)CC1. The number of hydrogen-bond acceptors (Lipinski definition) is 3. The molecule has 1 saturated heterocycles. The monoisotopic (exact) mass is 360 g/mol. The summed E-state index contributed by atoms with van der Waals surface area (Å²) < 4.78 is 5.63. The molecule has 0 radical (unpaired) electrons. The fraction of sp³-hybridized carbons (Fsp3) is 0.619. The Bertz CT molecular complexity index is 563. The lowest BCUT2D eigenvalue weighted by Gasteiger charge is -2.32. The molecule has 5 nitrogen and oxygen atoms in total. The van der Waals surface area contributed by atoms with E-state index in [1.807, 2.05) is 17.0 Å². The number of benzene rings is 1. The van der Waals surface area contributed by atoms with Gasteiger partial charge in [-0.3, -0.25) is 9.59 Å². The first-order chi connectivity index (χ1) is 12.6. The van der Waals surface area contributed by atoms with Crippen LogP contribution in [0.4, 0.5) is 0 Å². The van der Waals surface area contributed by atoms with E-state index in [4.69, 9.17) is 4.74 Å². The van der Waals surface area contributed by atoms with Gasteiger partial charge >= 0.3 is 0 Å². The smallest absolute Gasteiger partial charge is 0.260 e. The zero-order valence-corrected chi connectivity index (χ0v) is 16.1. The van der Waals surface area contributed by atoms with E-state index in [1.165, 1.54) is 5.56 Å². The van der Waals surface area contributed by atoms with Gasteiger partial charge in [-0.05, 0) is 43.4 Å². The first kappa shape index (κ1) is 20.3. The van der Waals surface area contributed by atoms with Gasteiger partial charge in [-0.15, -0.1) is 0 Å². The van der Waals surface area contributed by atoms with E-state index in [-0.39, 0.29) is 24.5 Å². The van der Waals surface area contributed by atoms with Gasteiger partial charge in [0.1, 0.15) is 5.75 Å². The van der Waals surface area contributed by atoms with Crippen LogP contribution in [-0.2, 0) is 16.0 Å². The van der Waals surface area contributed by atoms with Crippen LogP contribution in [0.5, 0.6) is 5.75 Å². The molecule has 0 unspecified atom stereocenters. The number of likely N-dealkylation sites (tertiary alicyclic amines) is 1. The topological polar surface area (TPSA) is 58.6 Å². The third-order valence-corrected chi connectivity index (χ3v) is 4.79. The third-order valence-electron chi connectivity index (χ3n) is 4.79. The van der Waals surface area contributed by atoms with Gasteiger partial charge in [-0.1, -0.05) is 38.8 Å². The van der Waals surface area contributed by atoms with Gasteiger partial charge in [-0.25, -0.2) is 0 Å². The van der Waals surface area contributed by atoms with Gasteiger partial charge in [0.2, 0.25) is 5.91 Å². The number of carbonyl (C=O) groups is 2. The van der Waals surface area contributed by atoms with Crippen molar-refractivity contribution in [3.63, 3.8) is 0 Å². The van der Waals surface area contributed by atoms with Crippen LogP contribution >= 0.6 is 0 Å². The first-order valence-electron chi connectivity index (χ1n) is 9.91. The normalized spacial score (nSPS) is 14.9. The average molecular weight is 360 g/mol. The summed E-state index contributed by atoms with van der Waals surface area (Å²) in [4.78, 5) is 26.0. The highest BCUT2D eigenvalue weighted by Gasteiger charge is 2.23. The van der Waals surface area contributed by atoms with Gasteiger partial charge < -0.3 is 15.0 Å². The molecule has 0 aromatic heterocycles. The minimum absolute atomic E-state index is 0.0124. The van der Waals surface area contributed by atoms with E-state index in [0.29, 0.717) is 19.5 Å². The summed E-state index contributed by atoms with van der Waals surface area (Å²) in [6.07, 6.45) is 6.36. The van der Waals surface area contributed by atoms with Crippen molar-refractivity contribution >= 4 is 11.8 Å². The van der Waals surface area contributed by atoms with E-state index in [2.05, 4.69) is 31.3 Å². The van der Waals surface area contributed by atoms with Crippen LogP contribution in [0, 0.1) is 0 Å². The number of rotatable bonds is 9. The molecule has 1 N–H and O–H groups in total. The highest BCUT2D eigenvalue weighted by atomic mass is 16.5. The van der Waals surface area contributed by atoms with Gasteiger partial charge in [0.15, 0.2) is 6.61 Å². The Labute approximate surface area is 157 Å². The highest BCUT2D eigenvalue weighted by molar-refractivity contribution is 5.78. The maximum atomic E-state index is 12.3. The van der Waals surface area contributed by atoms with Crippen molar-refractivity contribution in [2.24, 2.45) is 0 Å². The molecule has 26 heavy (non-hydrogen) atoms. The van der Waals surface area contributed by atoms with Gasteiger partial charge in [0.25, 0.3) is 5.91 Å². The molecular weight excluding hydrogens is 328 g/mol. The molecule has 5 heteroatoms. The molecule has 0 saturated carbocycles.